The summed E-state index contributed by atoms with van der Waals surface area (Å²) in [7, 11) is 0. The van der Waals surface area contributed by atoms with Crippen molar-refractivity contribution in [2.45, 2.75) is 6.92 Å². The van der Waals surface area contributed by atoms with Crippen LogP contribution in [0.3, 0.4) is 0 Å². The maximum atomic E-state index is 11.9. The van der Waals surface area contributed by atoms with Crippen molar-refractivity contribution in [3.8, 4) is 0 Å². The van der Waals surface area contributed by atoms with Crippen LogP contribution in [0.5, 0.6) is 0 Å². The van der Waals surface area contributed by atoms with E-state index in [1.54, 1.807) is 17.6 Å². The van der Waals surface area contributed by atoms with Gasteiger partial charge in [-0.05, 0) is 56.5 Å². The van der Waals surface area contributed by atoms with Crippen LogP contribution < -0.4 is 5.32 Å². The predicted octanol–water partition coefficient (Wildman–Crippen LogP) is 4.23. The van der Waals surface area contributed by atoms with Gasteiger partial charge in [0.05, 0.1) is 9.35 Å². The highest BCUT2D eigenvalue weighted by Crippen LogP contribution is 2.22. The standard InChI is InChI=1S/C11H8Br2N2OS/c1-6-2-8(12)4-14-10(6)15-11(16)7-3-9(13)17-5-7/h2-5H,1H3,(H,14,15,16). The number of halogens is 2. The van der Waals surface area contributed by atoms with Gasteiger partial charge in [0, 0.05) is 16.0 Å². The lowest BCUT2D eigenvalue weighted by Crippen LogP contribution is -2.12. The number of pyridine rings is 1. The van der Waals surface area contributed by atoms with Crippen molar-refractivity contribution >= 4 is 54.9 Å². The summed E-state index contributed by atoms with van der Waals surface area (Å²) in [5.74, 6) is 0.436. The smallest absolute Gasteiger partial charge is 0.257 e. The van der Waals surface area contributed by atoms with Gasteiger partial charge in [-0.2, -0.15) is 0 Å². The van der Waals surface area contributed by atoms with Gasteiger partial charge in [0.1, 0.15) is 5.82 Å². The first kappa shape index (κ1) is 12.7. The van der Waals surface area contributed by atoms with Crippen LogP contribution in [-0.4, -0.2) is 10.9 Å². The molecule has 0 saturated heterocycles. The molecule has 0 atom stereocenters. The van der Waals surface area contributed by atoms with Gasteiger partial charge in [-0.3, -0.25) is 4.79 Å². The molecular formula is C11H8Br2N2OS. The van der Waals surface area contributed by atoms with Crippen LogP contribution in [-0.2, 0) is 0 Å². The van der Waals surface area contributed by atoms with E-state index in [4.69, 9.17) is 0 Å². The number of aryl methyl sites for hydroxylation is 1. The van der Waals surface area contributed by atoms with Crippen molar-refractivity contribution in [2.75, 3.05) is 5.32 Å². The van der Waals surface area contributed by atoms with Gasteiger partial charge < -0.3 is 5.32 Å². The molecule has 17 heavy (non-hydrogen) atoms. The number of carbonyl (C=O) groups is 1. The zero-order chi connectivity index (χ0) is 12.4. The molecule has 0 spiro atoms. The van der Waals surface area contributed by atoms with Gasteiger partial charge in [0.2, 0.25) is 0 Å². The van der Waals surface area contributed by atoms with Crippen LogP contribution in [0.4, 0.5) is 5.82 Å². The molecule has 88 valence electrons. The monoisotopic (exact) mass is 374 g/mol. The molecule has 2 aromatic rings. The Kier molecular flexibility index (Phi) is 3.96. The lowest BCUT2D eigenvalue weighted by molar-refractivity contribution is 0.102. The maximum Gasteiger partial charge on any atom is 0.257 e. The number of amides is 1. The number of hydrogen-bond acceptors (Lipinski definition) is 3. The molecule has 0 unspecified atom stereocenters. The van der Waals surface area contributed by atoms with Crippen molar-refractivity contribution in [1.82, 2.24) is 4.98 Å². The molecule has 0 radical (unpaired) electrons. The van der Waals surface area contributed by atoms with E-state index >= 15 is 0 Å². The van der Waals surface area contributed by atoms with Crippen molar-refractivity contribution in [1.29, 1.82) is 0 Å². The number of carbonyl (C=O) groups excluding carboxylic acids is 1. The Morgan fingerprint density at radius 1 is 1.41 bits per heavy atom. The number of hydrogen-bond donors (Lipinski definition) is 1. The van der Waals surface area contributed by atoms with Crippen molar-refractivity contribution < 1.29 is 4.79 Å². The number of nitrogens with one attached hydrogen (secondary N) is 1. The molecule has 0 aliphatic heterocycles. The Bertz CT molecular complexity index is 568. The van der Waals surface area contributed by atoms with E-state index in [0.29, 0.717) is 11.4 Å². The summed E-state index contributed by atoms with van der Waals surface area (Å²) in [5, 5.41) is 4.58. The zero-order valence-corrected chi connectivity index (χ0v) is 12.8. The average Bonchev–Trinajstić information content (AvgIpc) is 2.69. The molecule has 3 nitrogen and oxygen atoms in total. The van der Waals surface area contributed by atoms with E-state index in [0.717, 1.165) is 13.8 Å². The highest BCUT2D eigenvalue weighted by Gasteiger charge is 2.10. The number of rotatable bonds is 2. The van der Waals surface area contributed by atoms with Gasteiger partial charge >= 0.3 is 0 Å². The first-order chi connectivity index (χ1) is 8.06. The molecule has 2 aromatic heterocycles. The third kappa shape index (κ3) is 3.14. The third-order valence-corrected chi connectivity index (χ3v) is 4.04. The lowest BCUT2D eigenvalue weighted by Gasteiger charge is -2.06. The third-order valence-electron chi connectivity index (χ3n) is 2.11. The first-order valence-electron chi connectivity index (χ1n) is 4.74. The summed E-state index contributed by atoms with van der Waals surface area (Å²) < 4.78 is 1.83. The molecule has 2 rings (SSSR count). The van der Waals surface area contributed by atoms with Crippen LogP contribution in [0.25, 0.3) is 0 Å². The van der Waals surface area contributed by atoms with Gasteiger partial charge in [0.25, 0.3) is 5.91 Å². The summed E-state index contributed by atoms with van der Waals surface area (Å²) in [6.07, 6.45) is 1.66. The Morgan fingerprint density at radius 2 is 2.18 bits per heavy atom. The SMILES string of the molecule is Cc1cc(Br)cnc1NC(=O)c1csc(Br)c1. The number of nitrogens with zero attached hydrogens (tertiary/aromatic N) is 1. The minimum absolute atomic E-state index is 0.148. The molecule has 0 saturated carbocycles. The van der Waals surface area contributed by atoms with E-state index in [9.17, 15) is 4.79 Å². The van der Waals surface area contributed by atoms with Crippen LogP contribution in [0.1, 0.15) is 15.9 Å². The minimum Gasteiger partial charge on any atom is -0.306 e. The topological polar surface area (TPSA) is 42.0 Å². The number of thiophene rings is 1. The molecule has 0 bridgehead atoms. The molecule has 0 aliphatic rings. The van der Waals surface area contributed by atoms with Crippen LogP contribution in [0.15, 0.2) is 32.0 Å². The minimum atomic E-state index is -0.148. The highest BCUT2D eigenvalue weighted by molar-refractivity contribution is 9.11. The van der Waals surface area contributed by atoms with E-state index < -0.39 is 0 Å². The normalized spacial score (nSPS) is 10.3. The zero-order valence-electron chi connectivity index (χ0n) is 8.83. The fourth-order valence-corrected chi connectivity index (χ4v) is 2.86. The summed E-state index contributed by atoms with van der Waals surface area (Å²) in [6.45, 7) is 1.90. The number of anilines is 1. The largest absolute Gasteiger partial charge is 0.306 e. The molecule has 0 aliphatic carbocycles. The van der Waals surface area contributed by atoms with Crippen LogP contribution in [0, 0.1) is 6.92 Å². The fourth-order valence-electron chi connectivity index (χ4n) is 1.28. The van der Waals surface area contributed by atoms with Gasteiger partial charge in [0.15, 0.2) is 0 Å². The van der Waals surface area contributed by atoms with E-state index in [1.807, 2.05) is 13.0 Å². The molecule has 2 heterocycles. The fraction of sp³-hybridized carbons (Fsp3) is 0.0909. The second-order valence-electron chi connectivity index (χ2n) is 3.41. The summed E-state index contributed by atoms with van der Waals surface area (Å²) in [5.41, 5.74) is 1.55. The lowest BCUT2D eigenvalue weighted by atomic mass is 10.2. The average molecular weight is 376 g/mol. The van der Waals surface area contributed by atoms with Crippen molar-refractivity contribution in [2.24, 2.45) is 0 Å². The van der Waals surface area contributed by atoms with Gasteiger partial charge in [-0.15, -0.1) is 11.3 Å². The number of aromatic nitrogens is 1. The van der Waals surface area contributed by atoms with Crippen LogP contribution in [0.2, 0.25) is 0 Å². The molecule has 0 fully saturated rings. The molecule has 1 amide bonds. The summed E-state index contributed by atoms with van der Waals surface area (Å²) in [4.78, 5) is 16.1. The van der Waals surface area contributed by atoms with Gasteiger partial charge in [-0.1, -0.05) is 0 Å². The first-order valence-corrected chi connectivity index (χ1v) is 7.20. The molecule has 6 heteroatoms. The molecular weight excluding hydrogens is 368 g/mol. The Balaban J connectivity index is 2.18. The van der Waals surface area contributed by atoms with E-state index in [1.165, 1.54) is 11.3 Å². The second kappa shape index (κ2) is 5.29. The molecule has 0 aromatic carbocycles. The van der Waals surface area contributed by atoms with E-state index in [2.05, 4.69) is 42.2 Å². The Labute approximate surface area is 120 Å². The Morgan fingerprint density at radius 3 is 2.76 bits per heavy atom. The summed E-state index contributed by atoms with van der Waals surface area (Å²) >= 11 is 8.14. The summed E-state index contributed by atoms with van der Waals surface area (Å²) in [6, 6.07) is 3.69. The van der Waals surface area contributed by atoms with Crippen LogP contribution >= 0.6 is 43.2 Å². The van der Waals surface area contributed by atoms with E-state index in [-0.39, 0.29) is 5.91 Å². The van der Waals surface area contributed by atoms with Crippen molar-refractivity contribution in [3.63, 3.8) is 0 Å². The second-order valence-corrected chi connectivity index (χ2v) is 6.62. The highest BCUT2D eigenvalue weighted by atomic mass is 79.9. The molecule has 1 N–H and O–H groups in total. The Hall–Kier alpha value is -0.720. The maximum absolute atomic E-state index is 11.9. The predicted molar refractivity (Wildman–Crippen MR) is 76.6 cm³/mol. The van der Waals surface area contributed by atoms with Crippen molar-refractivity contribution in [3.05, 3.63) is 43.1 Å². The van der Waals surface area contributed by atoms with Gasteiger partial charge in [-0.25, -0.2) is 4.98 Å². The quantitative estimate of drug-likeness (QED) is 0.853.